The number of nitrogens with two attached hydrogens (primary N) is 2. The number of anilines is 2. The molecule has 0 spiro atoms. The number of amidine groups is 1. The van der Waals surface area contributed by atoms with E-state index in [9.17, 15) is 19.2 Å². The van der Waals surface area contributed by atoms with E-state index < -0.39 is 29.4 Å². The minimum Gasteiger partial charge on any atom is -0.467 e. The number of carbonyl (C=O) groups excluding carboxylic acids is 3. The van der Waals surface area contributed by atoms with Gasteiger partial charge in [0.1, 0.15) is 12.4 Å². The predicted octanol–water partition coefficient (Wildman–Crippen LogP) is 2.56. The van der Waals surface area contributed by atoms with E-state index in [0.717, 1.165) is 5.56 Å². The van der Waals surface area contributed by atoms with E-state index in [1.54, 1.807) is 60.7 Å². The fraction of sp³-hybridized carbons (Fsp3) is 0.212. The number of rotatable bonds is 12. The molecular weight excluding hydrogens is 588 g/mol. The molecule has 13 nitrogen and oxygen atoms in total. The van der Waals surface area contributed by atoms with Crippen LogP contribution in [0.2, 0.25) is 0 Å². The van der Waals surface area contributed by atoms with Crippen LogP contribution in [0.4, 0.5) is 11.5 Å². The molecule has 8 N–H and O–H groups in total. The highest BCUT2D eigenvalue weighted by Crippen LogP contribution is 2.24. The zero-order valence-electron chi connectivity index (χ0n) is 25.7. The van der Waals surface area contributed by atoms with Crippen molar-refractivity contribution in [2.45, 2.75) is 39.0 Å². The van der Waals surface area contributed by atoms with E-state index in [2.05, 4.69) is 20.9 Å². The Kier molecular flexibility index (Phi) is 10.5. The lowest BCUT2D eigenvalue weighted by Crippen LogP contribution is -2.35. The molecule has 0 fully saturated rings. The number of nitrogens with zero attached hydrogens (tertiary/aromatic N) is 2. The topological polar surface area (TPSA) is 207 Å². The Morgan fingerprint density at radius 3 is 2.33 bits per heavy atom. The Hall–Kier alpha value is -5.98. The molecule has 3 aromatic carbocycles. The number of aromatic nitrogens is 2. The second kappa shape index (κ2) is 14.7. The first kappa shape index (κ1) is 32.9. The quantitative estimate of drug-likeness (QED) is 0.0592. The third-order valence-corrected chi connectivity index (χ3v) is 6.89. The van der Waals surface area contributed by atoms with E-state index in [1.807, 2.05) is 13.8 Å². The Morgan fingerprint density at radius 1 is 1.00 bits per heavy atom. The highest BCUT2D eigenvalue weighted by atomic mass is 16.5. The molecule has 0 radical (unpaired) electrons. The van der Waals surface area contributed by atoms with Crippen molar-refractivity contribution >= 4 is 35.1 Å². The number of benzene rings is 3. The molecule has 238 valence electrons. The number of carbonyl (C=O) groups is 3. The molecule has 0 bridgehead atoms. The summed E-state index contributed by atoms with van der Waals surface area (Å²) in [5, 5.41) is 16.0. The smallest absolute Gasteiger partial charge is 0.333 e. The zero-order chi connectivity index (χ0) is 33.4. The van der Waals surface area contributed by atoms with Gasteiger partial charge in [-0.05, 0) is 43.2 Å². The van der Waals surface area contributed by atoms with Crippen LogP contribution in [0.5, 0.6) is 0 Å². The van der Waals surface area contributed by atoms with Crippen molar-refractivity contribution in [2.24, 2.45) is 5.73 Å². The lowest BCUT2D eigenvalue weighted by atomic mass is 10.0. The Labute approximate surface area is 265 Å². The minimum absolute atomic E-state index is 0.0528. The predicted molar refractivity (Wildman–Crippen MR) is 175 cm³/mol. The van der Waals surface area contributed by atoms with Crippen LogP contribution in [0.15, 0.2) is 83.8 Å². The van der Waals surface area contributed by atoms with E-state index in [0.29, 0.717) is 16.7 Å². The van der Waals surface area contributed by atoms with Crippen LogP contribution in [0.3, 0.4) is 0 Å². The largest absolute Gasteiger partial charge is 0.467 e. The fourth-order valence-corrected chi connectivity index (χ4v) is 4.64. The SMILES string of the molecule is COC(=O)[C@H](NC(=O)c1cc(N)cc(-c2cnc(NC(C)C)c(=O)n2CC(=O)NCc2ccc(C(=N)N)cc2)c1)c1ccccc1. The first-order chi connectivity index (χ1) is 22.0. The number of esters is 1. The summed E-state index contributed by atoms with van der Waals surface area (Å²) >= 11 is 0. The number of hydrogen-bond acceptors (Lipinski definition) is 9. The number of nitrogens with one attached hydrogen (secondary N) is 4. The zero-order valence-corrected chi connectivity index (χ0v) is 25.7. The molecular formula is C33H36N8O5. The molecule has 2 amide bonds. The average Bonchev–Trinajstić information content (AvgIpc) is 3.04. The standard InChI is InChI=1S/C33H36N8O5/c1-19(2)39-30-32(44)41(18-27(42)37-16-20-9-11-22(12-10-20)29(35)36)26(17-38-30)23-13-24(15-25(34)14-23)31(43)40-28(33(45)46-3)21-7-5-4-6-8-21/h4-15,17,19,28H,16,18,34H2,1-3H3,(H3,35,36)(H,37,42)(H,38,39)(H,40,43)/t28-/m1/s1. The fourth-order valence-electron chi connectivity index (χ4n) is 4.64. The molecule has 0 unspecified atom stereocenters. The highest BCUT2D eigenvalue weighted by molar-refractivity contribution is 5.99. The maximum atomic E-state index is 13.6. The summed E-state index contributed by atoms with van der Waals surface area (Å²) in [5.74, 6) is -1.73. The molecule has 0 aliphatic heterocycles. The summed E-state index contributed by atoms with van der Waals surface area (Å²) < 4.78 is 6.16. The minimum atomic E-state index is -1.08. The van der Waals surface area contributed by atoms with Gasteiger partial charge in [-0.25, -0.2) is 9.78 Å². The third kappa shape index (κ3) is 8.14. The summed E-state index contributed by atoms with van der Waals surface area (Å²) in [6.45, 7) is 3.52. The molecule has 1 atom stereocenters. The van der Waals surface area contributed by atoms with Gasteiger partial charge in [0.05, 0.1) is 19.0 Å². The molecule has 1 aromatic heterocycles. The first-order valence-corrected chi connectivity index (χ1v) is 14.4. The van der Waals surface area contributed by atoms with E-state index in [4.69, 9.17) is 21.6 Å². The lowest BCUT2D eigenvalue weighted by Gasteiger charge is -2.18. The van der Waals surface area contributed by atoms with E-state index >= 15 is 0 Å². The van der Waals surface area contributed by atoms with Crippen molar-refractivity contribution in [3.8, 4) is 11.3 Å². The van der Waals surface area contributed by atoms with Crippen LogP contribution in [-0.4, -0.2) is 46.3 Å². The maximum absolute atomic E-state index is 13.6. The van der Waals surface area contributed by atoms with Gasteiger partial charge < -0.3 is 32.2 Å². The van der Waals surface area contributed by atoms with Crippen LogP contribution in [0.25, 0.3) is 11.3 Å². The maximum Gasteiger partial charge on any atom is 0.333 e. The van der Waals surface area contributed by atoms with Crippen LogP contribution >= 0.6 is 0 Å². The van der Waals surface area contributed by atoms with Gasteiger partial charge >= 0.3 is 5.97 Å². The van der Waals surface area contributed by atoms with Gasteiger partial charge in [0, 0.05) is 35.0 Å². The molecule has 1 heterocycles. The van der Waals surface area contributed by atoms with E-state index in [-0.39, 0.29) is 47.7 Å². The Balaban J connectivity index is 1.65. The van der Waals surface area contributed by atoms with Crippen molar-refractivity contribution in [1.29, 1.82) is 5.41 Å². The molecule has 0 aliphatic rings. The van der Waals surface area contributed by atoms with Crippen LogP contribution < -0.4 is 33.0 Å². The van der Waals surface area contributed by atoms with Crippen molar-refractivity contribution in [2.75, 3.05) is 18.2 Å². The summed E-state index contributed by atoms with van der Waals surface area (Å²) in [6, 6.07) is 18.8. The monoisotopic (exact) mass is 624 g/mol. The molecule has 13 heteroatoms. The van der Waals surface area contributed by atoms with Crippen molar-refractivity contribution in [1.82, 2.24) is 20.2 Å². The summed E-state index contributed by atoms with van der Waals surface area (Å²) in [6.07, 6.45) is 1.43. The van der Waals surface area contributed by atoms with Gasteiger partial charge in [-0.2, -0.15) is 0 Å². The van der Waals surface area contributed by atoms with Gasteiger partial charge in [-0.15, -0.1) is 0 Å². The third-order valence-electron chi connectivity index (χ3n) is 6.89. The molecule has 4 rings (SSSR count). The molecule has 0 saturated heterocycles. The molecule has 46 heavy (non-hydrogen) atoms. The van der Waals surface area contributed by atoms with Gasteiger partial charge in [-0.1, -0.05) is 54.6 Å². The van der Waals surface area contributed by atoms with Crippen LogP contribution in [0, 0.1) is 5.41 Å². The molecule has 0 aliphatic carbocycles. The van der Waals surface area contributed by atoms with Crippen LogP contribution in [-0.2, 0) is 27.4 Å². The Bertz CT molecular complexity index is 1800. The van der Waals surface area contributed by atoms with Crippen molar-refractivity contribution < 1.29 is 19.1 Å². The first-order valence-electron chi connectivity index (χ1n) is 14.4. The number of amides is 2. The second-order valence-corrected chi connectivity index (χ2v) is 10.8. The Morgan fingerprint density at radius 2 is 1.70 bits per heavy atom. The summed E-state index contributed by atoms with van der Waals surface area (Å²) in [5.41, 5.74) is 13.9. The van der Waals surface area contributed by atoms with Crippen molar-refractivity contribution in [3.63, 3.8) is 0 Å². The average molecular weight is 625 g/mol. The lowest BCUT2D eigenvalue weighted by molar-refractivity contribution is -0.143. The van der Waals surface area contributed by atoms with Gasteiger partial charge in [0.2, 0.25) is 5.91 Å². The summed E-state index contributed by atoms with van der Waals surface area (Å²) in [7, 11) is 1.23. The normalized spacial score (nSPS) is 11.4. The number of nitrogen functional groups attached to an aromatic ring is 2. The van der Waals surface area contributed by atoms with E-state index in [1.165, 1.54) is 30.0 Å². The van der Waals surface area contributed by atoms with Crippen LogP contribution in [0.1, 0.15) is 46.9 Å². The molecule has 0 saturated carbocycles. The number of ether oxygens (including phenoxy) is 1. The van der Waals surface area contributed by atoms with Gasteiger partial charge in [-0.3, -0.25) is 24.4 Å². The number of hydrogen-bond donors (Lipinski definition) is 6. The highest BCUT2D eigenvalue weighted by Gasteiger charge is 2.25. The van der Waals surface area contributed by atoms with Crippen molar-refractivity contribution in [3.05, 3.63) is 112 Å². The summed E-state index contributed by atoms with van der Waals surface area (Å²) in [4.78, 5) is 57.0. The second-order valence-electron chi connectivity index (χ2n) is 10.8. The van der Waals surface area contributed by atoms with Gasteiger partial charge in [0.25, 0.3) is 11.5 Å². The number of methoxy groups -OCH3 is 1. The molecule has 4 aromatic rings. The van der Waals surface area contributed by atoms with Gasteiger partial charge in [0.15, 0.2) is 11.9 Å².